The van der Waals surface area contributed by atoms with E-state index in [-0.39, 0.29) is 18.6 Å². The molecule has 0 radical (unpaired) electrons. The number of amides is 2. The van der Waals surface area contributed by atoms with Gasteiger partial charge in [-0.1, -0.05) is 0 Å². The highest BCUT2D eigenvalue weighted by molar-refractivity contribution is 7.13. The van der Waals surface area contributed by atoms with Gasteiger partial charge in [0.15, 0.2) is 5.13 Å². The number of urea groups is 1. The van der Waals surface area contributed by atoms with Crippen LogP contribution in [0.3, 0.4) is 0 Å². The summed E-state index contributed by atoms with van der Waals surface area (Å²) in [5.74, 6) is 0.226. The molecule has 0 spiro atoms. The van der Waals surface area contributed by atoms with E-state index >= 15 is 0 Å². The van der Waals surface area contributed by atoms with E-state index < -0.39 is 0 Å². The average Bonchev–Trinajstić information content (AvgIpc) is 2.87. The van der Waals surface area contributed by atoms with Crippen LogP contribution in [0, 0.1) is 12.8 Å². The first-order chi connectivity index (χ1) is 7.69. The van der Waals surface area contributed by atoms with Gasteiger partial charge in [0.2, 0.25) is 0 Å². The SMILES string of the molecule is Cc1csc(NC(=O)N2CCC(CO)C2)n1. The lowest BCUT2D eigenvalue weighted by Gasteiger charge is -2.15. The van der Waals surface area contributed by atoms with Crippen molar-refractivity contribution in [1.82, 2.24) is 9.88 Å². The van der Waals surface area contributed by atoms with Gasteiger partial charge in [0.05, 0.1) is 5.69 Å². The van der Waals surface area contributed by atoms with E-state index in [0.29, 0.717) is 18.2 Å². The molecule has 2 N–H and O–H groups in total. The molecule has 2 heterocycles. The summed E-state index contributed by atoms with van der Waals surface area (Å²) >= 11 is 1.42. The van der Waals surface area contributed by atoms with Crippen LogP contribution in [-0.2, 0) is 0 Å². The summed E-state index contributed by atoms with van der Waals surface area (Å²) < 4.78 is 0. The first kappa shape index (κ1) is 11.3. The van der Waals surface area contributed by atoms with Crippen molar-refractivity contribution in [3.05, 3.63) is 11.1 Å². The number of anilines is 1. The third kappa shape index (κ3) is 2.51. The van der Waals surface area contributed by atoms with Crippen molar-refractivity contribution in [3.63, 3.8) is 0 Å². The number of rotatable bonds is 2. The largest absolute Gasteiger partial charge is 0.396 e. The molecule has 1 atom stereocenters. The molecule has 6 heteroatoms. The second-order valence-electron chi connectivity index (χ2n) is 4.01. The standard InChI is InChI=1S/C10H15N3O2S/c1-7-6-16-9(11-7)12-10(15)13-3-2-8(4-13)5-14/h6,8,14H,2-5H2,1H3,(H,11,12,15). The predicted octanol–water partition coefficient (Wildman–Crippen LogP) is 1.30. The van der Waals surface area contributed by atoms with Gasteiger partial charge in [-0.2, -0.15) is 0 Å². The number of aryl methyl sites for hydroxylation is 1. The van der Waals surface area contributed by atoms with Crippen molar-refractivity contribution in [3.8, 4) is 0 Å². The number of hydrogen-bond donors (Lipinski definition) is 2. The summed E-state index contributed by atoms with van der Waals surface area (Å²) in [6.07, 6.45) is 0.876. The Morgan fingerprint density at radius 2 is 2.62 bits per heavy atom. The van der Waals surface area contributed by atoms with E-state index in [1.807, 2.05) is 12.3 Å². The van der Waals surface area contributed by atoms with E-state index in [0.717, 1.165) is 12.1 Å². The number of aliphatic hydroxyl groups is 1. The van der Waals surface area contributed by atoms with Crippen LogP contribution in [0.2, 0.25) is 0 Å². The van der Waals surface area contributed by atoms with E-state index in [9.17, 15) is 4.79 Å². The molecule has 1 aliphatic heterocycles. The number of carbonyl (C=O) groups is 1. The first-order valence-electron chi connectivity index (χ1n) is 5.28. The molecule has 0 aromatic carbocycles. The lowest BCUT2D eigenvalue weighted by molar-refractivity contribution is 0.209. The minimum Gasteiger partial charge on any atom is -0.396 e. The predicted molar refractivity (Wildman–Crippen MR) is 62.6 cm³/mol. The number of thiazole rings is 1. The molecule has 1 aromatic heterocycles. The van der Waals surface area contributed by atoms with E-state index in [1.165, 1.54) is 11.3 Å². The Kier molecular flexibility index (Phi) is 3.40. The lowest BCUT2D eigenvalue weighted by Crippen LogP contribution is -2.33. The second kappa shape index (κ2) is 4.80. The third-order valence-corrected chi connectivity index (χ3v) is 3.54. The quantitative estimate of drug-likeness (QED) is 0.820. The Morgan fingerprint density at radius 3 is 3.19 bits per heavy atom. The molecule has 1 unspecified atom stereocenters. The monoisotopic (exact) mass is 241 g/mol. The fourth-order valence-electron chi connectivity index (χ4n) is 1.75. The number of carbonyl (C=O) groups excluding carboxylic acids is 1. The van der Waals surface area contributed by atoms with Crippen LogP contribution in [0.1, 0.15) is 12.1 Å². The minimum absolute atomic E-state index is 0.120. The molecule has 0 aliphatic carbocycles. The summed E-state index contributed by atoms with van der Waals surface area (Å²) in [4.78, 5) is 17.7. The zero-order valence-corrected chi connectivity index (χ0v) is 9.96. The molecule has 2 rings (SSSR count). The Morgan fingerprint density at radius 1 is 1.81 bits per heavy atom. The Bertz CT molecular complexity index is 380. The first-order valence-corrected chi connectivity index (χ1v) is 6.16. The summed E-state index contributed by atoms with van der Waals surface area (Å²) in [5, 5.41) is 14.3. The molecule has 5 nitrogen and oxygen atoms in total. The van der Waals surface area contributed by atoms with Gasteiger partial charge in [-0.25, -0.2) is 9.78 Å². The van der Waals surface area contributed by atoms with Gasteiger partial charge in [-0.3, -0.25) is 5.32 Å². The van der Waals surface area contributed by atoms with Crippen molar-refractivity contribution in [2.24, 2.45) is 5.92 Å². The van der Waals surface area contributed by atoms with Gasteiger partial charge < -0.3 is 10.0 Å². The summed E-state index contributed by atoms with van der Waals surface area (Å²) in [6, 6.07) is -0.120. The maximum atomic E-state index is 11.8. The van der Waals surface area contributed by atoms with Crippen molar-refractivity contribution in [2.45, 2.75) is 13.3 Å². The van der Waals surface area contributed by atoms with Crippen LogP contribution in [0.15, 0.2) is 5.38 Å². The maximum Gasteiger partial charge on any atom is 0.323 e. The molecular formula is C10H15N3O2S. The maximum absolute atomic E-state index is 11.8. The zero-order chi connectivity index (χ0) is 11.5. The van der Waals surface area contributed by atoms with Gasteiger partial charge in [0, 0.05) is 31.0 Å². The van der Waals surface area contributed by atoms with Gasteiger partial charge >= 0.3 is 6.03 Å². The molecule has 1 saturated heterocycles. The number of hydrogen-bond acceptors (Lipinski definition) is 4. The van der Waals surface area contributed by atoms with E-state index in [4.69, 9.17) is 5.11 Å². The molecule has 16 heavy (non-hydrogen) atoms. The smallest absolute Gasteiger partial charge is 0.323 e. The van der Waals surface area contributed by atoms with Crippen molar-refractivity contribution in [2.75, 3.05) is 25.0 Å². The van der Waals surface area contributed by atoms with Gasteiger partial charge in [0.25, 0.3) is 0 Å². The highest BCUT2D eigenvalue weighted by atomic mass is 32.1. The summed E-state index contributed by atoms with van der Waals surface area (Å²) in [5.41, 5.74) is 0.912. The van der Waals surface area contributed by atoms with Gasteiger partial charge in [0.1, 0.15) is 0 Å². The van der Waals surface area contributed by atoms with Crippen LogP contribution in [0.5, 0.6) is 0 Å². The highest BCUT2D eigenvalue weighted by Gasteiger charge is 2.25. The van der Waals surface area contributed by atoms with Crippen LogP contribution in [-0.4, -0.2) is 40.7 Å². The minimum atomic E-state index is -0.120. The second-order valence-corrected chi connectivity index (χ2v) is 4.87. The van der Waals surface area contributed by atoms with Gasteiger partial charge in [-0.05, 0) is 13.3 Å². The van der Waals surface area contributed by atoms with Crippen LogP contribution in [0.4, 0.5) is 9.93 Å². The average molecular weight is 241 g/mol. The number of aromatic nitrogens is 1. The van der Waals surface area contributed by atoms with Crippen molar-refractivity contribution < 1.29 is 9.90 Å². The van der Waals surface area contributed by atoms with Crippen LogP contribution in [0.25, 0.3) is 0 Å². The van der Waals surface area contributed by atoms with Gasteiger partial charge in [-0.15, -0.1) is 11.3 Å². The highest BCUT2D eigenvalue weighted by Crippen LogP contribution is 2.19. The zero-order valence-electron chi connectivity index (χ0n) is 9.14. The molecular weight excluding hydrogens is 226 g/mol. The number of likely N-dealkylation sites (tertiary alicyclic amines) is 1. The van der Waals surface area contributed by atoms with E-state index in [2.05, 4.69) is 10.3 Å². The number of aliphatic hydroxyl groups excluding tert-OH is 1. The molecule has 1 aliphatic rings. The lowest BCUT2D eigenvalue weighted by atomic mass is 10.1. The fraction of sp³-hybridized carbons (Fsp3) is 0.600. The topological polar surface area (TPSA) is 65.5 Å². The molecule has 1 aromatic rings. The molecule has 1 fully saturated rings. The molecule has 0 saturated carbocycles. The number of nitrogens with zero attached hydrogens (tertiary/aromatic N) is 2. The molecule has 0 bridgehead atoms. The summed E-state index contributed by atoms with van der Waals surface area (Å²) in [7, 11) is 0. The van der Waals surface area contributed by atoms with Crippen LogP contribution >= 0.6 is 11.3 Å². The Hall–Kier alpha value is -1.14. The van der Waals surface area contributed by atoms with Crippen molar-refractivity contribution >= 4 is 22.5 Å². The molecule has 88 valence electrons. The van der Waals surface area contributed by atoms with Crippen molar-refractivity contribution in [1.29, 1.82) is 0 Å². The fourth-order valence-corrected chi connectivity index (χ4v) is 2.43. The molecule has 2 amide bonds. The third-order valence-electron chi connectivity index (χ3n) is 2.66. The normalized spacial score (nSPS) is 20.1. The Balaban J connectivity index is 1.89. The number of nitrogens with one attached hydrogen (secondary N) is 1. The van der Waals surface area contributed by atoms with E-state index in [1.54, 1.807) is 4.90 Å². The summed E-state index contributed by atoms with van der Waals surface area (Å²) in [6.45, 7) is 3.39. The Labute approximate surface area is 98.1 Å². The van der Waals surface area contributed by atoms with Crippen LogP contribution < -0.4 is 5.32 Å².